The van der Waals surface area contributed by atoms with E-state index in [4.69, 9.17) is 4.74 Å². The van der Waals surface area contributed by atoms with Gasteiger partial charge in [0.1, 0.15) is 10.6 Å². The van der Waals surface area contributed by atoms with E-state index in [0.29, 0.717) is 4.47 Å². The smallest absolute Gasteiger partial charge is 0.307 e. The maximum absolute atomic E-state index is 14.1. The predicted molar refractivity (Wildman–Crippen MR) is 89.1 cm³/mol. The molecule has 22 heavy (non-hydrogen) atoms. The molecule has 1 aromatic rings. The lowest BCUT2D eigenvalue weighted by Crippen LogP contribution is -2.42. The van der Waals surface area contributed by atoms with Crippen molar-refractivity contribution in [2.24, 2.45) is 0 Å². The van der Waals surface area contributed by atoms with Gasteiger partial charge < -0.3 is 9.29 Å². The normalized spacial score (nSPS) is 14.5. The molecule has 1 rings (SSSR count). The van der Waals surface area contributed by atoms with Crippen LogP contribution in [0.2, 0.25) is 0 Å². The molecule has 4 nitrogen and oxygen atoms in total. The highest BCUT2D eigenvalue weighted by atomic mass is 79.9. The molecule has 0 aliphatic carbocycles. The summed E-state index contributed by atoms with van der Waals surface area (Å²) in [5, 5.41) is 0. The number of carbonyl (C=O) groups excluding carboxylic acids is 1. The molecule has 0 fully saturated rings. The Balaban J connectivity index is 3.05. The van der Waals surface area contributed by atoms with E-state index in [2.05, 4.69) is 20.7 Å². The molecule has 7 heteroatoms. The third-order valence-electron chi connectivity index (χ3n) is 2.82. The summed E-state index contributed by atoms with van der Waals surface area (Å²) in [6.07, 6.45) is -0.0942. The second kappa shape index (κ2) is 8.29. The molecule has 0 bridgehead atoms. The molecular formula is C15H21BrFNO3S. The van der Waals surface area contributed by atoms with E-state index in [1.54, 1.807) is 39.8 Å². The molecule has 1 N–H and O–H groups in total. The number of hydrogen-bond donors (Lipinski definition) is 1. The molecule has 0 spiro atoms. The summed E-state index contributed by atoms with van der Waals surface area (Å²) in [7, 11) is 0. The first kappa shape index (κ1) is 19.4. The monoisotopic (exact) mass is 393 g/mol. The Bertz CT molecular complexity index is 522. The third kappa shape index (κ3) is 5.87. The first-order valence-corrected chi connectivity index (χ1v) is 8.88. The second-order valence-electron chi connectivity index (χ2n) is 5.73. The number of ether oxygens (including phenoxy) is 1. The lowest BCUT2D eigenvalue weighted by Gasteiger charge is -2.28. The van der Waals surface area contributed by atoms with Crippen LogP contribution >= 0.6 is 15.9 Å². The van der Waals surface area contributed by atoms with Gasteiger partial charge in [-0.15, -0.1) is 4.72 Å². The predicted octanol–water partition coefficient (Wildman–Crippen LogP) is 3.63. The van der Waals surface area contributed by atoms with Crippen molar-refractivity contribution < 1.29 is 18.5 Å². The number of halogens is 2. The van der Waals surface area contributed by atoms with E-state index < -0.39 is 33.9 Å². The first-order valence-electron chi connectivity index (χ1n) is 6.93. The topological polar surface area (TPSA) is 61.4 Å². The fourth-order valence-corrected chi connectivity index (χ4v) is 2.89. The molecule has 0 amide bonds. The zero-order valence-electron chi connectivity index (χ0n) is 13.1. The van der Waals surface area contributed by atoms with Gasteiger partial charge in [0, 0.05) is 21.4 Å². The van der Waals surface area contributed by atoms with Gasteiger partial charge in [-0.1, -0.05) is 15.9 Å². The van der Waals surface area contributed by atoms with Crippen molar-refractivity contribution in [1.82, 2.24) is 4.72 Å². The zero-order valence-corrected chi connectivity index (χ0v) is 15.5. The average molecular weight is 394 g/mol. The molecule has 0 aromatic heterocycles. The van der Waals surface area contributed by atoms with Crippen LogP contribution in [0, 0.1) is 5.82 Å². The minimum Gasteiger partial charge on any atom is -0.598 e. The summed E-state index contributed by atoms with van der Waals surface area (Å²) in [6.45, 7) is 7.35. The molecule has 0 saturated carbocycles. The SMILES string of the molecule is CCOC(=O)C[C@H](N[S@+]([O-])C(C)(C)C)c1cc(Br)ccc1F. The average Bonchev–Trinajstić information content (AvgIpc) is 2.40. The van der Waals surface area contributed by atoms with Gasteiger partial charge in [0.25, 0.3) is 0 Å². The molecule has 0 heterocycles. The molecule has 0 radical (unpaired) electrons. The Hall–Kier alpha value is -0.630. The van der Waals surface area contributed by atoms with Crippen LogP contribution in [0.3, 0.4) is 0 Å². The van der Waals surface area contributed by atoms with Crippen molar-refractivity contribution in [3.05, 3.63) is 34.1 Å². The maximum Gasteiger partial charge on any atom is 0.307 e. The number of esters is 1. The molecule has 2 atom stereocenters. The van der Waals surface area contributed by atoms with Gasteiger partial charge in [0.15, 0.2) is 0 Å². The quantitative estimate of drug-likeness (QED) is 0.591. The minimum atomic E-state index is -1.44. The molecule has 1 aromatic carbocycles. The van der Waals surface area contributed by atoms with Gasteiger partial charge in [-0.2, -0.15) is 0 Å². The van der Waals surface area contributed by atoms with E-state index in [1.807, 2.05) is 0 Å². The second-order valence-corrected chi connectivity index (χ2v) is 8.64. The Morgan fingerprint density at radius 3 is 2.68 bits per heavy atom. The number of nitrogens with one attached hydrogen (secondary N) is 1. The Morgan fingerprint density at radius 2 is 2.14 bits per heavy atom. The van der Waals surface area contributed by atoms with Crippen LogP contribution in [0.25, 0.3) is 0 Å². The van der Waals surface area contributed by atoms with Crippen molar-refractivity contribution in [3.63, 3.8) is 0 Å². The molecule has 0 saturated heterocycles. The largest absolute Gasteiger partial charge is 0.598 e. The van der Waals surface area contributed by atoms with Crippen LogP contribution in [-0.2, 0) is 20.9 Å². The van der Waals surface area contributed by atoms with Gasteiger partial charge in [0.05, 0.1) is 19.1 Å². The van der Waals surface area contributed by atoms with Crippen molar-refractivity contribution in [2.75, 3.05) is 6.61 Å². The van der Waals surface area contributed by atoms with Crippen molar-refractivity contribution in [3.8, 4) is 0 Å². The number of rotatable bonds is 6. The summed E-state index contributed by atoms with van der Waals surface area (Å²) in [5.41, 5.74) is 0.278. The summed E-state index contributed by atoms with van der Waals surface area (Å²) >= 11 is 1.84. The molecule has 0 unspecified atom stereocenters. The van der Waals surface area contributed by atoms with E-state index in [-0.39, 0.29) is 18.6 Å². The van der Waals surface area contributed by atoms with Gasteiger partial charge in [-0.25, -0.2) is 4.39 Å². The van der Waals surface area contributed by atoms with Crippen LogP contribution in [0.4, 0.5) is 4.39 Å². The molecule has 0 aliphatic rings. The number of hydrogen-bond acceptors (Lipinski definition) is 4. The van der Waals surface area contributed by atoms with Crippen LogP contribution in [0.15, 0.2) is 22.7 Å². The number of carbonyl (C=O) groups is 1. The number of benzene rings is 1. The van der Waals surface area contributed by atoms with Gasteiger partial charge >= 0.3 is 5.97 Å². The van der Waals surface area contributed by atoms with E-state index in [0.717, 1.165) is 0 Å². The van der Waals surface area contributed by atoms with Crippen LogP contribution < -0.4 is 4.72 Å². The van der Waals surface area contributed by atoms with E-state index >= 15 is 0 Å². The van der Waals surface area contributed by atoms with Gasteiger partial charge in [-0.05, 0) is 45.9 Å². The van der Waals surface area contributed by atoms with Gasteiger partial charge in [0.2, 0.25) is 0 Å². The Kier molecular flexibility index (Phi) is 7.31. The highest BCUT2D eigenvalue weighted by molar-refractivity contribution is 9.10. The van der Waals surface area contributed by atoms with Crippen molar-refractivity contribution in [1.29, 1.82) is 0 Å². The highest BCUT2D eigenvalue weighted by Gasteiger charge is 2.32. The maximum atomic E-state index is 14.1. The van der Waals surface area contributed by atoms with Crippen LogP contribution in [0.5, 0.6) is 0 Å². The van der Waals surface area contributed by atoms with E-state index in [9.17, 15) is 13.7 Å². The Labute approximate surface area is 142 Å². The minimum absolute atomic E-state index is 0.0942. The zero-order chi connectivity index (χ0) is 16.9. The molecule has 124 valence electrons. The molecule has 0 aliphatic heterocycles. The van der Waals surface area contributed by atoms with E-state index in [1.165, 1.54) is 6.07 Å². The lowest BCUT2D eigenvalue weighted by atomic mass is 10.0. The standard InChI is InChI=1S/C15H21BrFNO3S/c1-5-21-14(19)9-13(18-22(20)15(2,3)4)11-8-10(16)6-7-12(11)17/h6-8,13,18H,5,9H2,1-4H3/t13-,22+/m0/s1. The fourth-order valence-electron chi connectivity index (χ4n) is 1.69. The third-order valence-corrected chi connectivity index (χ3v) is 4.92. The van der Waals surface area contributed by atoms with Crippen molar-refractivity contribution in [2.45, 2.75) is 44.9 Å². The summed E-state index contributed by atoms with van der Waals surface area (Å²) in [4.78, 5) is 11.8. The van der Waals surface area contributed by atoms with Gasteiger partial charge in [-0.3, -0.25) is 4.79 Å². The molecular weight excluding hydrogens is 373 g/mol. The highest BCUT2D eigenvalue weighted by Crippen LogP contribution is 2.27. The van der Waals surface area contributed by atoms with Crippen molar-refractivity contribution >= 4 is 33.3 Å². The van der Waals surface area contributed by atoms with Crippen LogP contribution in [0.1, 0.15) is 45.7 Å². The Morgan fingerprint density at radius 1 is 1.50 bits per heavy atom. The first-order chi connectivity index (χ1) is 10.1. The van der Waals surface area contributed by atoms with Crippen LogP contribution in [-0.4, -0.2) is 21.9 Å². The summed E-state index contributed by atoms with van der Waals surface area (Å²) in [5.74, 6) is -0.929. The fraction of sp³-hybridized carbons (Fsp3) is 0.533. The lowest BCUT2D eigenvalue weighted by molar-refractivity contribution is -0.143. The summed E-state index contributed by atoms with van der Waals surface area (Å²) < 4.78 is 34.3. The summed E-state index contributed by atoms with van der Waals surface area (Å²) in [6, 6.07) is 3.73.